The van der Waals surface area contributed by atoms with Crippen molar-refractivity contribution in [2.45, 2.75) is 32.1 Å². The summed E-state index contributed by atoms with van der Waals surface area (Å²) in [5.41, 5.74) is 2.96. The van der Waals surface area contributed by atoms with Crippen molar-refractivity contribution in [3.05, 3.63) is 90.0 Å². The zero-order valence-corrected chi connectivity index (χ0v) is 16.5. The van der Waals surface area contributed by atoms with E-state index in [4.69, 9.17) is 9.47 Å². The Morgan fingerprint density at radius 3 is 2.63 bits per heavy atom. The van der Waals surface area contributed by atoms with Crippen LogP contribution in [0.3, 0.4) is 0 Å². The van der Waals surface area contributed by atoms with Crippen LogP contribution >= 0.6 is 0 Å². The molecule has 0 saturated heterocycles. The first-order chi connectivity index (χ1) is 14.6. The predicted molar refractivity (Wildman–Crippen MR) is 110 cm³/mol. The Balaban J connectivity index is 1.51. The van der Waals surface area contributed by atoms with E-state index in [1.807, 2.05) is 48.5 Å². The van der Waals surface area contributed by atoms with Crippen LogP contribution in [0.1, 0.15) is 29.8 Å². The number of nitrogens with zero attached hydrogens (tertiary/aromatic N) is 3. The number of fused-ring (bicyclic) bond motifs is 1. The zero-order valence-electron chi connectivity index (χ0n) is 16.5. The predicted octanol–water partition coefficient (Wildman–Crippen LogP) is 3.85. The fourth-order valence-corrected chi connectivity index (χ4v) is 3.42. The van der Waals surface area contributed by atoms with Gasteiger partial charge in [0.15, 0.2) is 0 Å². The third-order valence-corrected chi connectivity index (χ3v) is 4.94. The summed E-state index contributed by atoms with van der Waals surface area (Å²) in [6.07, 6.45) is 3.83. The summed E-state index contributed by atoms with van der Waals surface area (Å²) >= 11 is 0. The number of esters is 1. The van der Waals surface area contributed by atoms with Gasteiger partial charge >= 0.3 is 12.1 Å². The fourth-order valence-electron chi connectivity index (χ4n) is 3.42. The first-order valence-electron chi connectivity index (χ1n) is 9.67. The quantitative estimate of drug-likeness (QED) is 0.602. The maximum atomic E-state index is 13.0. The number of aromatic nitrogens is 2. The van der Waals surface area contributed by atoms with Gasteiger partial charge in [0.1, 0.15) is 18.8 Å². The number of rotatable bonds is 5. The minimum absolute atomic E-state index is 0.121. The Labute approximate surface area is 174 Å². The Morgan fingerprint density at radius 1 is 1.10 bits per heavy atom. The average molecular weight is 403 g/mol. The first kappa shape index (κ1) is 19.6. The molecule has 0 N–H and O–H groups in total. The van der Waals surface area contributed by atoms with Gasteiger partial charge in [-0.2, -0.15) is 0 Å². The number of ether oxygens (including phenoxy) is 2. The molecule has 1 aliphatic rings. The Bertz CT molecular complexity index is 1030. The molecule has 1 aliphatic heterocycles. The number of benzene rings is 2. The van der Waals surface area contributed by atoms with Gasteiger partial charge in [0.05, 0.1) is 17.6 Å². The minimum Gasteiger partial charge on any atom is -0.455 e. The van der Waals surface area contributed by atoms with Crippen molar-refractivity contribution in [1.29, 1.82) is 0 Å². The molecule has 1 amide bonds. The lowest BCUT2D eigenvalue weighted by Crippen LogP contribution is -2.44. The second-order valence-corrected chi connectivity index (χ2v) is 6.97. The van der Waals surface area contributed by atoms with Crippen LogP contribution in [0.25, 0.3) is 0 Å². The van der Waals surface area contributed by atoms with Crippen LogP contribution in [0.15, 0.2) is 73.2 Å². The van der Waals surface area contributed by atoms with Crippen LogP contribution in [0.5, 0.6) is 0 Å². The number of para-hydroxylation sites is 1. The molecule has 0 fully saturated rings. The van der Waals surface area contributed by atoms with Crippen molar-refractivity contribution >= 4 is 17.7 Å². The van der Waals surface area contributed by atoms with E-state index in [2.05, 4.69) is 9.97 Å². The van der Waals surface area contributed by atoms with Crippen LogP contribution in [0.4, 0.5) is 10.5 Å². The Morgan fingerprint density at radius 2 is 1.87 bits per heavy atom. The maximum Gasteiger partial charge on any atom is 0.415 e. The van der Waals surface area contributed by atoms with E-state index < -0.39 is 24.2 Å². The molecule has 7 nitrogen and oxygen atoms in total. The molecular formula is C23H21N3O4. The van der Waals surface area contributed by atoms with Gasteiger partial charge < -0.3 is 9.47 Å². The van der Waals surface area contributed by atoms with Gasteiger partial charge in [-0.3, -0.25) is 14.9 Å². The van der Waals surface area contributed by atoms with E-state index in [-0.39, 0.29) is 6.61 Å². The molecule has 2 heterocycles. The molecule has 3 aromatic rings. The van der Waals surface area contributed by atoms with E-state index >= 15 is 0 Å². The third-order valence-electron chi connectivity index (χ3n) is 4.94. The SMILES string of the molecule is CC(OC(=O)C1Cc2ccccc2N1C(=O)OCc1ccccc1)c1cnccn1. The van der Waals surface area contributed by atoms with Crippen LogP contribution in [-0.4, -0.2) is 28.1 Å². The Hall–Kier alpha value is -3.74. The molecule has 152 valence electrons. The van der Waals surface area contributed by atoms with Gasteiger partial charge in [0.25, 0.3) is 0 Å². The number of anilines is 1. The van der Waals surface area contributed by atoms with Gasteiger partial charge in [-0.25, -0.2) is 9.59 Å². The zero-order chi connectivity index (χ0) is 20.9. The van der Waals surface area contributed by atoms with Gasteiger partial charge in [-0.1, -0.05) is 48.5 Å². The van der Waals surface area contributed by atoms with Crippen molar-refractivity contribution in [3.8, 4) is 0 Å². The lowest BCUT2D eigenvalue weighted by atomic mass is 10.1. The lowest BCUT2D eigenvalue weighted by molar-refractivity contribution is -0.150. The maximum absolute atomic E-state index is 13.0. The minimum atomic E-state index is -0.801. The second-order valence-electron chi connectivity index (χ2n) is 6.97. The molecule has 2 atom stereocenters. The topological polar surface area (TPSA) is 81.6 Å². The Kier molecular flexibility index (Phi) is 5.70. The highest BCUT2D eigenvalue weighted by Crippen LogP contribution is 2.34. The summed E-state index contributed by atoms with van der Waals surface area (Å²) < 4.78 is 11.1. The van der Waals surface area contributed by atoms with Gasteiger partial charge in [-0.15, -0.1) is 0 Å². The van der Waals surface area contributed by atoms with E-state index in [1.165, 1.54) is 4.90 Å². The molecule has 2 aromatic carbocycles. The van der Waals surface area contributed by atoms with E-state index in [0.29, 0.717) is 17.8 Å². The second kappa shape index (κ2) is 8.73. The summed E-state index contributed by atoms with van der Waals surface area (Å²) in [4.78, 5) is 35.4. The number of hydrogen-bond acceptors (Lipinski definition) is 6. The summed E-state index contributed by atoms with van der Waals surface area (Å²) in [7, 11) is 0. The van der Waals surface area contributed by atoms with E-state index in [0.717, 1.165) is 11.1 Å². The summed E-state index contributed by atoms with van der Waals surface area (Å²) in [6, 6.07) is 16.0. The van der Waals surface area contributed by atoms with Crippen molar-refractivity contribution in [2.75, 3.05) is 4.90 Å². The van der Waals surface area contributed by atoms with E-state index in [9.17, 15) is 9.59 Å². The smallest absolute Gasteiger partial charge is 0.415 e. The highest BCUT2D eigenvalue weighted by Gasteiger charge is 2.41. The van der Waals surface area contributed by atoms with Gasteiger partial charge in [0, 0.05) is 18.8 Å². The van der Waals surface area contributed by atoms with Crippen LogP contribution in [0.2, 0.25) is 0 Å². The molecule has 7 heteroatoms. The van der Waals surface area contributed by atoms with Crippen molar-refractivity contribution in [2.24, 2.45) is 0 Å². The highest BCUT2D eigenvalue weighted by molar-refractivity contribution is 5.99. The monoisotopic (exact) mass is 403 g/mol. The summed E-state index contributed by atoms with van der Waals surface area (Å²) in [6.45, 7) is 1.85. The molecule has 0 saturated carbocycles. The molecule has 30 heavy (non-hydrogen) atoms. The normalized spacial score (nSPS) is 15.9. The van der Waals surface area contributed by atoms with Crippen LogP contribution in [0, 0.1) is 0 Å². The largest absolute Gasteiger partial charge is 0.455 e. The molecule has 0 spiro atoms. The van der Waals surface area contributed by atoms with Crippen molar-refractivity contribution in [3.63, 3.8) is 0 Å². The number of carbonyl (C=O) groups is 2. The average Bonchev–Trinajstić information content (AvgIpc) is 3.18. The molecule has 0 radical (unpaired) electrons. The van der Waals surface area contributed by atoms with Crippen molar-refractivity contribution in [1.82, 2.24) is 9.97 Å². The van der Waals surface area contributed by atoms with Gasteiger partial charge in [0.2, 0.25) is 0 Å². The number of hydrogen-bond donors (Lipinski definition) is 0. The standard InChI is InChI=1S/C23H21N3O4/c1-16(19-14-24-11-12-25-19)30-22(27)21-13-18-9-5-6-10-20(18)26(21)23(28)29-15-17-7-3-2-4-8-17/h2-12,14,16,21H,13,15H2,1H3. The molecule has 0 aliphatic carbocycles. The highest BCUT2D eigenvalue weighted by atomic mass is 16.6. The molecule has 4 rings (SSSR count). The fraction of sp³-hybridized carbons (Fsp3) is 0.217. The van der Waals surface area contributed by atoms with Crippen LogP contribution < -0.4 is 4.90 Å². The first-order valence-corrected chi connectivity index (χ1v) is 9.67. The molecular weight excluding hydrogens is 382 g/mol. The molecule has 2 unspecified atom stereocenters. The lowest BCUT2D eigenvalue weighted by Gasteiger charge is -2.24. The third kappa shape index (κ3) is 4.15. The summed E-state index contributed by atoms with van der Waals surface area (Å²) in [5, 5.41) is 0. The number of amides is 1. The molecule has 1 aromatic heterocycles. The number of carbonyl (C=O) groups excluding carboxylic acids is 2. The van der Waals surface area contributed by atoms with Gasteiger partial charge in [-0.05, 0) is 24.1 Å². The van der Waals surface area contributed by atoms with Crippen molar-refractivity contribution < 1.29 is 19.1 Å². The summed E-state index contributed by atoms with van der Waals surface area (Å²) in [5.74, 6) is -0.513. The van der Waals surface area contributed by atoms with Crippen LogP contribution in [-0.2, 0) is 27.3 Å². The van der Waals surface area contributed by atoms with E-state index in [1.54, 1.807) is 31.6 Å². The molecule has 0 bridgehead atoms.